The van der Waals surface area contributed by atoms with Crippen molar-refractivity contribution >= 4 is 33.5 Å². The number of sulfonamides is 1. The number of carbonyl (C=O) groups excluding carboxylic acids is 1. The molecule has 0 bridgehead atoms. The van der Waals surface area contributed by atoms with Gasteiger partial charge in [-0.25, -0.2) is 18.1 Å². The predicted octanol–water partition coefficient (Wildman–Crippen LogP) is 3.79. The molecule has 0 radical (unpaired) electrons. The third-order valence-electron chi connectivity index (χ3n) is 5.39. The highest BCUT2D eigenvalue weighted by atomic mass is 32.2. The molecule has 1 aliphatic heterocycles. The lowest BCUT2D eigenvalue weighted by Gasteiger charge is -2.25. The zero-order chi connectivity index (χ0) is 23.4. The molecule has 2 aromatic heterocycles. The van der Waals surface area contributed by atoms with E-state index >= 15 is 0 Å². The molecule has 3 aromatic rings. The molecule has 1 saturated heterocycles. The fraction of sp³-hybridized carbons (Fsp3) is 0.348. The third-order valence-corrected chi connectivity index (χ3v) is 8.22. The van der Waals surface area contributed by atoms with E-state index in [4.69, 9.17) is 0 Å². The summed E-state index contributed by atoms with van der Waals surface area (Å²) in [7, 11) is -3.51. The van der Waals surface area contributed by atoms with Gasteiger partial charge in [-0.2, -0.15) is 9.40 Å². The highest BCUT2D eigenvalue weighted by molar-refractivity contribution is 7.99. The Bertz CT molecular complexity index is 1220. The Hall–Kier alpha value is -2.69. The van der Waals surface area contributed by atoms with Crippen molar-refractivity contribution in [1.82, 2.24) is 19.1 Å². The highest BCUT2D eigenvalue weighted by Crippen LogP contribution is 2.23. The number of benzene rings is 1. The van der Waals surface area contributed by atoms with Crippen molar-refractivity contribution in [3.63, 3.8) is 0 Å². The smallest absolute Gasteiger partial charge is 0.244 e. The van der Waals surface area contributed by atoms with Crippen LogP contribution in [0.15, 0.2) is 58.6 Å². The molecule has 0 spiro atoms. The summed E-state index contributed by atoms with van der Waals surface area (Å²) in [4.78, 5) is 17.0. The van der Waals surface area contributed by atoms with Crippen molar-refractivity contribution < 1.29 is 13.2 Å². The van der Waals surface area contributed by atoms with Crippen LogP contribution in [0.5, 0.6) is 0 Å². The van der Waals surface area contributed by atoms with Gasteiger partial charge in [0.15, 0.2) is 0 Å². The maximum atomic E-state index is 12.7. The van der Waals surface area contributed by atoms with Gasteiger partial charge < -0.3 is 5.32 Å². The van der Waals surface area contributed by atoms with Crippen LogP contribution >= 0.6 is 11.8 Å². The van der Waals surface area contributed by atoms with Gasteiger partial charge in [0, 0.05) is 25.4 Å². The molecular formula is C23H27N5O3S2. The number of nitrogens with zero attached hydrogens (tertiary/aromatic N) is 4. The summed E-state index contributed by atoms with van der Waals surface area (Å²) in [6.07, 6.45) is 4.21. The fourth-order valence-electron chi connectivity index (χ4n) is 3.65. The number of thioether (sulfide) groups is 1. The van der Waals surface area contributed by atoms with Crippen LogP contribution in [0, 0.1) is 13.8 Å². The standard InChI is InChI=1S/C23H27N5O3S2/c1-17-6-8-19(9-7-17)28-21(14-18(2)26-28)25-22(29)16-32-23-11-10-20(15-24-23)33(30,31)27-12-4-3-5-13-27/h6-11,14-15H,3-5,12-13,16H2,1-2H3,(H,25,29). The van der Waals surface area contributed by atoms with Crippen LogP contribution < -0.4 is 5.32 Å². The Labute approximate surface area is 198 Å². The van der Waals surface area contributed by atoms with E-state index in [0.29, 0.717) is 23.9 Å². The number of amides is 1. The van der Waals surface area contributed by atoms with Crippen LogP contribution in [0.4, 0.5) is 5.82 Å². The number of nitrogens with one attached hydrogen (secondary N) is 1. The van der Waals surface area contributed by atoms with Crippen LogP contribution in [-0.2, 0) is 14.8 Å². The summed E-state index contributed by atoms with van der Waals surface area (Å²) in [5.74, 6) is 0.543. The molecule has 174 valence electrons. The van der Waals surface area contributed by atoms with Crippen molar-refractivity contribution in [1.29, 1.82) is 0 Å². The molecule has 0 aliphatic carbocycles. The molecule has 1 amide bonds. The van der Waals surface area contributed by atoms with Gasteiger partial charge in [-0.3, -0.25) is 4.79 Å². The number of hydrogen-bond donors (Lipinski definition) is 1. The van der Waals surface area contributed by atoms with Gasteiger partial charge in [-0.1, -0.05) is 35.9 Å². The molecular weight excluding hydrogens is 458 g/mol. The zero-order valence-electron chi connectivity index (χ0n) is 18.7. The van der Waals surface area contributed by atoms with E-state index in [-0.39, 0.29) is 16.6 Å². The lowest BCUT2D eigenvalue weighted by molar-refractivity contribution is -0.113. The van der Waals surface area contributed by atoms with E-state index in [1.165, 1.54) is 22.3 Å². The second-order valence-corrected chi connectivity index (χ2v) is 11.0. The summed E-state index contributed by atoms with van der Waals surface area (Å²) in [6.45, 7) is 5.00. The maximum absolute atomic E-state index is 12.7. The fourth-order valence-corrected chi connectivity index (χ4v) is 5.75. The molecule has 33 heavy (non-hydrogen) atoms. The van der Waals surface area contributed by atoms with E-state index in [1.54, 1.807) is 16.8 Å². The van der Waals surface area contributed by atoms with Gasteiger partial charge in [0.1, 0.15) is 10.7 Å². The van der Waals surface area contributed by atoms with Gasteiger partial charge in [0.2, 0.25) is 15.9 Å². The average Bonchev–Trinajstić information content (AvgIpc) is 3.18. The maximum Gasteiger partial charge on any atom is 0.244 e. The summed E-state index contributed by atoms with van der Waals surface area (Å²) >= 11 is 1.25. The molecule has 1 fully saturated rings. The monoisotopic (exact) mass is 485 g/mol. The van der Waals surface area contributed by atoms with Gasteiger partial charge in [0.25, 0.3) is 0 Å². The van der Waals surface area contributed by atoms with Crippen molar-refractivity contribution in [3.8, 4) is 5.69 Å². The number of piperidine rings is 1. The number of anilines is 1. The molecule has 1 aromatic carbocycles. The largest absolute Gasteiger partial charge is 0.310 e. The lowest BCUT2D eigenvalue weighted by Crippen LogP contribution is -2.35. The topological polar surface area (TPSA) is 97.2 Å². The van der Waals surface area contributed by atoms with Crippen molar-refractivity contribution in [3.05, 3.63) is 59.9 Å². The first-order valence-corrected chi connectivity index (χ1v) is 13.3. The summed E-state index contributed by atoms with van der Waals surface area (Å²) in [6, 6.07) is 12.9. The SMILES string of the molecule is Cc1ccc(-n2nc(C)cc2NC(=O)CSc2ccc(S(=O)(=O)N3CCCCC3)cn2)cc1. The molecule has 0 saturated carbocycles. The molecule has 1 N–H and O–H groups in total. The predicted molar refractivity (Wildman–Crippen MR) is 129 cm³/mol. The average molecular weight is 486 g/mol. The van der Waals surface area contributed by atoms with Crippen LogP contribution in [-0.4, -0.2) is 52.2 Å². The molecule has 0 unspecified atom stereocenters. The van der Waals surface area contributed by atoms with E-state index in [2.05, 4.69) is 15.4 Å². The van der Waals surface area contributed by atoms with Crippen LogP contribution in [0.2, 0.25) is 0 Å². The zero-order valence-corrected chi connectivity index (χ0v) is 20.3. The third kappa shape index (κ3) is 5.63. The molecule has 4 rings (SSSR count). The van der Waals surface area contributed by atoms with E-state index in [0.717, 1.165) is 36.2 Å². The summed E-state index contributed by atoms with van der Waals surface area (Å²) in [5.41, 5.74) is 2.81. The minimum atomic E-state index is -3.51. The van der Waals surface area contributed by atoms with Crippen molar-refractivity contribution in [2.45, 2.75) is 43.0 Å². The Morgan fingerprint density at radius 1 is 1.06 bits per heavy atom. The quantitative estimate of drug-likeness (QED) is 0.512. The highest BCUT2D eigenvalue weighted by Gasteiger charge is 2.26. The molecule has 1 aliphatic rings. The van der Waals surface area contributed by atoms with Gasteiger partial charge in [0.05, 0.1) is 22.2 Å². The van der Waals surface area contributed by atoms with Crippen LogP contribution in [0.3, 0.4) is 0 Å². The van der Waals surface area contributed by atoms with E-state index in [9.17, 15) is 13.2 Å². The second-order valence-electron chi connectivity index (χ2n) is 8.05. The number of carbonyl (C=O) groups is 1. The molecule has 10 heteroatoms. The normalized spacial score (nSPS) is 14.8. The number of aromatic nitrogens is 3. The van der Waals surface area contributed by atoms with Crippen molar-refractivity contribution in [2.24, 2.45) is 0 Å². The number of aryl methyl sites for hydroxylation is 2. The first kappa shape index (κ1) is 23.5. The lowest BCUT2D eigenvalue weighted by atomic mass is 10.2. The van der Waals surface area contributed by atoms with Crippen LogP contribution in [0.25, 0.3) is 5.69 Å². The molecule has 3 heterocycles. The van der Waals surface area contributed by atoms with E-state index in [1.807, 2.05) is 44.2 Å². The Kier molecular flexibility index (Phi) is 7.16. The number of rotatable bonds is 7. The summed E-state index contributed by atoms with van der Waals surface area (Å²) in [5, 5.41) is 7.97. The van der Waals surface area contributed by atoms with Gasteiger partial charge in [-0.15, -0.1) is 0 Å². The number of hydrogen-bond acceptors (Lipinski definition) is 6. The minimum Gasteiger partial charge on any atom is -0.310 e. The first-order chi connectivity index (χ1) is 15.8. The van der Waals surface area contributed by atoms with Crippen LogP contribution in [0.1, 0.15) is 30.5 Å². The molecule has 8 nitrogen and oxygen atoms in total. The Balaban J connectivity index is 1.37. The Morgan fingerprint density at radius 2 is 1.79 bits per heavy atom. The van der Waals surface area contributed by atoms with Gasteiger partial charge >= 0.3 is 0 Å². The number of pyridine rings is 1. The molecule has 0 atom stereocenters. The van der Waals surface area contributed by atoms with E-state index < -0.39 is 10.0 Å². The summed E-state index contributed by atoms with van der Waals surface area (Å²) < 4.78 is 28.7. The second kappa shape index (κ2) is 10.1. The van der Waals surface area contributed by atoms with Crippen molar-refractivity contribution in [2.75, 3.05) is 24.2 Å². The minimum absolute atomic E-state index is 0.142. The first-order valence-electron chi connectivity index (χ1n) is 10.9. The Morgan fingerprint density at radius 3 is 2.45 bits per heavy atom. The van der Waals surface area contributed by atoms with Gasteiger partial charge in [-0.05, 0) is 51.0 Å².